The van der Waals surface area contributed by atoms with Gasteiger partial charge in [-0.25, -0.2) is 5.43 Å². The monoisotopic (exact) mass is 472 g/mol. The molecule has 0 aliphatic heterocycles. The summed E-state index contributed by atoms with van der Waals surface area (Å²) in [5.41, 5.74) is 5.55. The van der Waals surface area contributed by atoms with E-state index in [0.29, 0.717) is 6.61 Å². The lowest BCUT2D eigenvalue weighted by atomic mass is 10.0. The number of hydrazone groups is 1. The first-order valence-corrected chi connectivity index (χ1v) is 10.7. The largest absolute Gasteiger partial charge is 0.488 e. The standard InChI is InChI=1S/C26H21BrN2O2/c27-24-15-20(13-14-25(24)31-18-19-7-2-1-3-8-19)17-28-29-26(30)16-22-11-6-10-21-9-4-5-12-23(21)22/h1-15,17H,16,18H2,(H,29,30). The Bertz CT molecular complexity index is 1220. The minimum atomic E-state index is -0.158. The molecule has 0 aliphatic carbocycles. The van der Waals surface area contributed by atoms with Crippen molar-refractivity contribution in [1.29, 1.82) is 0 Å². The van der Waals surface area contributed by atoms with Gasteiger partial charge in [0.05, 0.1) is 17.1 Å². The molecule has 4 aromatic carbocycles. The first-order valence-electron chi connectivity index (χ1n) is 9.94. The number of benzene rings is 4. The first kappa shape index (κ1) is 20.8. The zero-order valence-corrected chi connectivity index (χ0v) is 18.4. The number of amides is 1. The number of nitrogens with zero attached hydrogens (tertiary/aromatic N) is 1. The van der Waals surface area contributed by atoms with Crippen molar-refractivity contribution in [3.63, 3.8) is 0 Å². The minimum absolute atomic E-state index is 0.158. The third kappa shape index (κ3) is 5.58. The van der Waals surface area contributed by atoms with E-state index in [-0.39, 0.29) is 12.3 Å². The fourth-order valence-corrected chi connectivity index (χ4v) is 3.80. The average Bonchev–Trinajstić information content (AvgIpc) is 2.79. The molecule has 0 saturated heterocycles. The Morgan fingerprint density at radius 1 is 0.935 bits per heavy atom. The van der Waals surface area contributed by atoms with E-state index >= 15 is 0 Å². The third-order valence-corrected chi connectivity index (χ3v) is 5.45. The number of carbonyl (C=O) groups excluding carboxylic acids is 1. The Balaban J connectivity index is 1.34. The Labute approximate surface area is 189 Å². The zero-order chi connectivity index (χ0) is 21.5. The van der Waals surface area contributed by atoms with Crippen molar-refractivity contribution in [3.05, 3.63) is 112 Å². The van der Waals surface area contributed by atoms with Gasteiger partial charge in [-0.1, -0.05) is 72.8 Å². The molecule has 0 spiro atoms. The van der Waals surface area contributed by atoms with Gasteiger partial charge in [-0.3, -0.25) is 4.79 Å². The van der Waals surface area contributed by atoms with Crippen LogP contribution in [-0.4, -0.2) is 12.1 Å². The maximum Gasteiger partial charge on any atom is 0.244 e. The molecular formula is C26H21BrN2O2. The molecule has 154 valence electrons. The van der Waals surface area contributed by atoms with Crippen LogP contribution in [0.15, 0.2) is 101 Å². The predicted octanol–water partition coefficient (Wildman–Crippen LogP) is 5.87. The van der Waals surface area contributed by atoms with Gasteiger partial charge in [0.25, 0.3) is 0 Å². The second kappa shape index (κ2) is 10.0. The predicted molar refractivity (Wildman–Crippen MR) is 128 cm³/mol. The van der Waals surface area contributed by atoms with Gasteiger partial charge >= 0.3 is 0 Å². The normalized spacial score (nSPS) is 11.0. The highest BCUT2D eigenvalue weighted by Gasteiger charge is 2.06. The number of rotatable bonds is 7. The van der Waals surface area contributed by atoms with Gasteiger partial charge in [0.15, 0.2) is 0 Å². The fourth-order valence-electron chi connectivity index (χ4n) is 3.29. The van der Waals surface area contributed by atoms with Gasteiger partial charge < -0.3 is 4.74 Å². The second-order valence-electron chi connectivity index (χ2n) is 7.07. The summed E-state index contributed by atoms with van der Waals surface area (Å²) in [4.78, 5) is 12.3. The van der Waals surface area contributed by atoms with Gasteiger partial charge in [0.2, 0.25) is 5.91 Å². The van der Waals surface area contributed by atoms with Crippen molar-refractivity contribution < 1.29 is 9.53 Å². The van der Waals surface area contributed by atoms with Crippen molar-refractivity contribution in [3.8, 4) is 5.75 Å². The van der Waals surface area contributed by atoms with E-state index in [0.717, 1.165) is 37.7 Å². The van der Waals surface area contributed by atoms with E-state index in [9.17, 15) is 4.79 Å². The topological polar surface area (TPSA) is 50.7 Å². The van der Waals surface area contributed by atoms with E-state index < -0.39 is 0 Å². The molecule has 0 aliphatic rings. The highest BCUT2D eigenvalue weighted by atomic mass is 79.9. The molecule has 4 aromatic rings. The van der Waals surface area contributed by atoms with Crippen LogP contribution in [0.5, 0.6) is 5.75 Å². The highest BCUT2D eigenvalue weighted by molar-refractivity contribution is 9.10. The van der Waals surface area contributed by atoms with Crippen LogP contribution in [0, 0.1) is 0 Å². The number of halogens is 1. The van der Waals surface area contributed by atoms with E-state index in [1.165, 1.54) is 0 Å². The number of hydrogen-bond acceptors (Lipinski definition) is 3. The van der Waals surface area contributed by atoms with Crippen LogP contribution in [0.2, 0.25) is 0 Å². The molecule has 0 fully saturated rings. The zero-order valence-electron chi connectivity index (χ0n) is 16.8. The van der Waals surface area contributed by atoms with Crippen LogP contribution in [0.3, 0.4) is 0 Å². The summed E-state index contributed by atoms with van der Waals surface area (Å²) in [7, 11) is 0. The molecule has 4 rings (SSSR count). The molecule has 0 saturated carbocycles. The van der Waals surface area contributed by atoms with Crippen molar-refractivity contribution in [2.45, 2.75) is 13.0 Å². The summed E-state index contributed by atoms with van der Waals surface area (Å²) in [6.45, 7) is 0.497. The van der Waals surface area contributed by atoms with Crippen LogP contribution >= 0.6 is 15.9 Å². The summed E-state index contributed by atoms with van der Waals surface area (Å²) >= 11 is 3.53. The second-order valence-corrected chi connectivity index (χ2v) is 7.93. The molecular weight excluding hydrogens is 452 g/mol. The molecule has 0 radical (unpaired) electrons. The van der Waals surface area contributed by atoms with Crippen molar-refractivity contribution >= 4 is 38.8 Å². The van der Waals surface area contributed by atoms with Crippen LogP contribution in [0.1, 0.15) is 16.7 Å². The van der Waals surface area contributed by atoms with Crippen molar-refractivity contribution in [2.75, 3.05) is 0 Å². The molecule has 0 aromatic heterocycles. The van der Waals surface area contributed by atoms with Gasteiger partial charge in [-0.05, 0) is 61.6 Å². The third-order valence-electron chi connectivity index (χ3n) is 4.83. The molecule has 1 amide bonds. The highest BCUT2D eigenvalue weighted by Crippen LogP contribution is 2.26. The van der Waals surface area contributed by atoms with Crippen LogP contribution < -0.4 is 10.2 Å². The molecule has 0 bridgehead atoms. The SMILES string of the molecule is O=C(Cc1cccc2ccccc12)NN=Cc1ccc(OCc2ccccc2)c(Br)c1. The maximum atomic E-state index is 12.3. The summed E-state index contributed by atoms with van der Waals surface area (Å²) in [5.74, 6) is 0.593. The van der Waals surface area contributed by atoms with Crippen LogP contribution in [0.25, 0.3) is 10.8 Å². The van der Waals surface area contributed by atoms with Gasteiger partial charge in [0.1, 0.15) is 12.4 Å². The van der Waals surface area contributed by atoms with E-state index in [1.54, 1.807) is 6.21 Å². The molecule has 0 atom stereocenters. The van der Waals surface area contributed by atoms with E-state index in [2.05, 4.69) is 26.5 Å². The Morgan fingerprint density at radius 3 is 2.55 bits per heavy atom. The smallest absolute Gasteiger partial charge is 0.244 e. The number of hydrogen-bond donors (Lipinski definition) is 1. The summed E-state index contributed by atoms with van der Waals surface area (Å²) in [6.07, 6.45) is 1.89. The maximum absolute atomic E-state index is 12.3. The summed E-state index contributed by atoms with van der Waals surface area (Å²) in [6, 6.07) is 29.7. The quantitative estimate of drug-likeness (QED) is 0.270. The molecule has 31 heavy (non-hydrogen) atoms. The van der Waals surface area contributed by atoms with Crippen molar-refractivity contribution in [2.24, 2.45) is 5.10 Å². The lowest BCUT2D eigenvalue weighted by Crippen LogP contribution is -2.19. The molecule has 1 N–H and O–H groups in total. The van der Waals surface area contributed by atoms with Crippen LogP contribution in [0.4, 0.5) is 0 Å². The Morgan fingerprint density at radius 2 is 1.71 bits per heavy atom. The summed E-state index contributed by atoms with van der Waals surface area (Å²) in [5, 5.41) is 6.30. The molecule has 0 unspecified atom stereocenters. The number of fused-ring (bicyclic) bond motifs is 1. The molecule has 5 heteroatoms. The van der Waals surface area contributed by atoms with Gasteiger partial charge in [0, 0.05) is 0 Å². The van der Waals surface area contributed by atoms with Crippen molar-refractivity contribution in [1.82, 2.24) is 5.43 Å². The Kier molecular flexibility index (Phi) is 6.75. The number of ether oxygens (including phenoxy) is 1. The van der Waals surface area contributed by atoms with Crippen LogP contribution in [-0.2, 0) is 17.8 Å². The molecule has 4 nitrogen and oxygen atoms in total. The van der Waals surface area contributed by atoms with Gasteiger partial charge in [-0.15, -0.1) is 0 Å². The lowest BCUT2D eigenvalue weighted by Gasteiger charge is -2.09. The van der Waals surface area contributed by atoms with Gasteiger partial charge in [-0.2, -0.15) is 5.10 Å². The number of nitrogens with one attached hydrogen (secondary N) is 1. The number of carbonyl (C=O) groups is 1. The lowest BCUT2D eigenvalue weighted by molar-refractivity contribution is -0.120. The fraction of sp³-hybridized carbons (Fsp3) is 0.0769. The average molecular weight is 473 g/mol. The minimum Gasteiger partial charge on any atom is -0.488 e. The summed E-state index contributed by atoms with van der Waals surface area (Å²) < 4.78 is 6.69. The Hall–Kier alpha value is -3.44. The van der Waals surface area contributed by atoms with E-state index in [1.807, 2.05) is 91.0 Å². The first-order chi connectivity index (χ1) is 15.2. The molecule has 0 heterocycles. The van der Waals surface area contributed by atoms with E-state index in [4.69, 9.17) is 4.74 Å².